The summed E-state index contributed by atoms with van der Waals surface area (Å²) < 4.78 is 0. The van der Waals surface area contributed by atoms with Gasteiger partial charge in [-0.15, -0.1) is 0 Å². The Kier molecular flexibility index (Phi) is 4.95. The number of fused-ring (bicyclic) bond motifs is 3. The van der Waals surface area contributed by atoms with Crippen molar-refractivity contribution in [2.45, 2.75) is 0 Å². The largest absolute Gasteiger partial charge is 0.369 e. The van der Waals surface area contributed by atoms with Crippen molar-refractivity contribution in [3.63, 3.8) is 0 Å². The van der Waals surface area contributed by atoms with Gasteiger partial charge in [-0.05, 0) is 61.2 Å². The molecule has 1 atom stereocenters. The van der Waals surface area contributed by atoms with E-state index in [1.807, 2.05) is 6.66 Å². The SMILES string of the molecule is CP(O)c1ccc(-c2c3ccccc3c(-c3cccc4ccccc34)c3ccccc23)cc1. The van der Waals surface area contributed by atoms with Gasteiger partial charge in [0.25, 0.3) is 0 Å². The Labute approximate surface area is 194 Å². The monoisotopic (exact) mass is 442 g/mol. The molecule has 0 aliphatic rings. The molecule has 1 N–H and O–H groups in total. The molecule has 0 saturated carbocycles. The molecule has 2 heteroatoms. The molecule has 6 rings (SSSR count). The van der Waals surface area contributed by atoms with Crippen LogP contribution < -0.4 is 5.30 Å². The molecule has 0 aliphatic heterocycles. The molecule has 0 fully saturated rings. The molecule has 158 valence electrons. The van der Waals surface area contributed by atoms with Gasteiger partial charge in [0.1, 0.15) is 0 Å². The van der Waals surface area contributed by atoms with Gasteiger partial charge < -0.3 is 4.89 Å². The van der Waals surface area contributed by atoms with Crippen molar-refractivity contribution in [2.75, 3.05) is 6.66 Å². The summed E-state index contributed by atoms with van der Waals surface area (Å²) >= 11 is 0. The molecule has 0 aliphatic carbocycles. The summed E-state index contributed by atoms with van der Waals surface area (Å²) in [6, 6.07) is 41.1. The fourth-order valence-corrected chi connectivity index (χ4v) is 5.60. The number of benzene rings is 6. The molecule has 6 aromatic carbocycles. The van der Waals surface area contributed by atoms with Crippen molar-refractivity contribution in [3.8, 4) is 22.3 Å². The second-order valence-corrected chi connectivity index (χ2v) is 10.0. The van der Waals surface area contributed by atoms with Gasteiger partial charge in [-0.3, -0.25) is 0 Å². The van der Waals surface area contributed by atoms with Crippen LogP contribution in [0, 0.1) is 0 Å². The maximum Gasteiger partial charge on any atom is 0.0531 e. The van der Waals surface area contributed by atoms with Crippen molar-refractivity contribution in [3.05, 3.63) is 115 Å². The van der Waals surface area contributed by atoms with E-state index in [0.717, 1.165) is 5.30 Å². The van der Waals surface area contributed by atoms with Crippen molar-refractivity contribution >= 4 is 45.8 Å². The van der Waals surface area contributed by atoms with Crippen LogP contribution in [0.25, 0.3) is 54.6 Å². The van der Waals surface area contributed by atoms with Gasteiger partial charge in [0, 0.05) is 5.30 Å². The minimum absolute atomic E-state index is 0.995. The first-order valence-electron chi connectivity index (χ1n) is 11.2. The third-order valence-corrected chi connectivity index (χ3v) is 7.57. The molecule has 6 aromatic rings. The zero-order chi connectivity index (χ0) is 22.4. The van der Waals surface area contributed by atoms with E-state index in [9.17, 15) is 4.89 Å². The van der Waals surface area contributed by atoms with Crippen LogP contribution in [0.15, 0.2) is 115 Å². The minimum atomic E-state index is -1.10. The molecule has 0 amide bonds. The maximum absolute atomic E-state index is 10.0. The molecule has 0 radical (unpaired) electrons. The molecule has 33 heavy (non-hydrogen) atoms. The summed E-state index contributed by atoms with van der Waals surface area (Å²) in [5.74, 6) is 0. The molecular weight excluding hydrogens is 419 g/mol. The van der Waals surface area contributed by atoms with Gasteiger partial charge in [0.2, 0.25) is 0 Å². The summed E-state index contributed by atoms with van der Waals surface area (Å²) in [7, 11) is -1.10. The Morgan fingerprint density at radius 1 is 0.485 bits per heavy atom. The number of hydrogen-bond donors (Lipinski definition) is 1. The predicted octanol–water partition coefficient (Wildman–Crippen LogP) is 8.12. The van der Waals surface area contributed by atoms with E-state index in [1.165, 1.54) is 54.6 Å². The van der Waals surface area contributed by atoms with Gasteiger partial charge >= 0.3 is 0 Å². The first-order valence-corrected chi connectivity index (χ1v) is 12.9. The minimum Gasteiger partial charge on any atom is -0.369 e. The summed E-state index contributed by atoms with van der Waals surface area (Å²) in [5, 5.41) is 8.52. The van der Waals surface area contributed by atoms with Gasteiger partial charge in [0.15, 0.2) is 0 Å². The van der Waals surface area contributed by atoms with Crippen molar-refractivity contribution in [1.29, 1.82) is 0 Å². The summed E-state index contributed by atoms with van der Waals surface area (Å²) in [4.78, 5) is 10.0. The maximum atomic E-state index is 10.0. The van der Waals surface area contributed by atoms with E-state index in [2.05, 4.69) is 115 Å². The summed E-state index contributed by atoms with van der Waals surface area (Å²) in [6.45, 7) is 1.87. The predicted molar refractivity (Wildman–Crippen MR) is 145 cm³/mol. The van der Waals surface area contributed by atoms with Crippen LogP contribution in [0.5, 0.6) is 0 Å². The van der Waals surface area contributed by atoms with E-state index < -0.39 is 8.15 Å². The molecule has 0 spiro atoms. The molecule has 0 heterocycles. The summed E-state index contributed by atoms with van der Waals surface area (Å²) in [5.41, 5.74) is 4.97. The Balaban J connectivity index is 1.76. The van der Waals surface area contributed by atoms with Gasteiger partial charge in [-0.2, -0.15) is 0 Å². The van der Waals surface area contributed by atoms with Crippen molar-refractivity contribution in [2.24, 2.45) is 0 Å². The van der Waals surface area contributed by atoms with Crippen molar-refractivity contribution < 1.29 is 4.89 Å². The third kappa shape index (κ3) is 3.33. The smallest absolute Gasteiger partial charge is 0.0531 e. The Morgan fingerprint density at radius 2 is 0.970 bits per heavy atom. The van der Waals surface area contributed by atoms with Gasteiger partial charge in [0.05, 0.1) is 8.15 Å². The topological polar surface area (TPSA) is 20.2 Å². The van der Waals surface area contributed by atoms with E-state index in [-0.39, 0.29) is 0 Å². The molecule has 1 nitrogen and oxygen atoms in total. The highest BCUT2D eigenvalue weighted by molar-refractivity contribution is 7.59. The van der Waals surface area contributed by atoms with E-state index in [4.69, 9.17) is 0 Å². The fraction of sp³-hybridized carbons (Fsp3) is 0.0323. The van der Waals surface area contributed by atoms with E-state index in [0.29, 0.717) is 0 Å². The normalized spacial score (nSPS) is 12.4. The van der Waals surface area contributed by atoms with Crippen LogP contribution in [0.2, 0.25) is 0 Å². The quantitative estimate of drug-likeness (QED) is 0.217. The molecule has 0 aromatic heterocycles. The lowest BCUT2D eigenvalue weighted by Gasteiger charge is -2.19. The average molecular weight is 442 g/mol. The number of hydrogen-bond acceptors (Lipinski definition) is 1. The fourth-order valence-electron chi connectivity index (χ4n) is 5.02. The highest BCUT2D eigenvalue weighted by atomic mass is 31.1. The Hall–Kier alpha value is -3.51. The average Bonchev–Trinajstić information content (AvgIpc) is 2.87. The second-order valence-electron chi connectivity index (χ2n) is 8.44. The zero-order valence-electron chi connectivity index (χ0n) is 18.4. The first kappa shape index (κ1) is 20.1. The van der Waals surface area contributed by atoms with Crippen LogP contribution in [0.4, 0.5) is 0 Å². The lowest BCUT2D eigenvalue weighted by molar-refractivity contribution is 0.641. The zero-order valence-corrected chi connectivity index (χ0v) is 19.3. The van der Waals surface area contributed by atoms with Gasteiger partial charge in [-0.25, -0.2) is 0 Å². The molecule has 0 bridgehead atoms. The number of rotatable bonds is 3. The highest BCUT2D eigenvalue weighted by Crippen LogP contribution is 2.45. The van der Waals surface area contributed by atoms with Crippen molar-refractivity contribution in [1.82, 2.24) is 0 Å². The van der Waals surface area contributed by atoms with Gasteiger partial charge in [-0.1, -0.05) is 115 Å². The first-order chi connectivity index (χ1) is 16.2. The van der Waals surface area contributed by atoms with Crippen LogP contribution in [-0.4, -0.2) is 11.6 Å². The lowest BCUT2D eigenvalue weighted by atomic mass is 9.85. The third-order valence-electron chi connectivity index (χ3n) is 6.52. The van der Waals surface area contributed by atoms with Crippen LogP contribution >= 0.6 is 8.15 Å². The Morgan fingerprint density at radius 3 is 1.55 bits per heavy atom. The van der Waals surface area contributed by atoms with E-state index >= 15 is 0 Å². The molecular formula is C31H23OP. The molecule has 1 unspecified atom stereocenters. The van der Waals surface area contributed by atoms with Crippen LogP contribution in [0.1, 0.15) is 0 Å². The molecule has 0 saturated heterocycles. The summed E-state index contributed by atoms with van der Waals surface area (Å²) in [6.07, 6.45) is 0. The Bertz CT molecular complexity index is 1570. The standard InChI is InChI=1S/C31H23OP/c1-33(32)23-19-17-22(18-20-23)30-26-12-4-6-14-28(26)31(29-15-7-5-13-27(29)30)25-16-8-10-21-9-2-3-11-24(21)25/h2-20,32H,1H3. The second kappa shape index (κ2) is 8.12. The van der Waals surface area contributed by atoms with Crippen LogP contribution in [-0.2, 0) is 0 Å². The highest BCUT2D eigenvalue weighted by Gasteiger charge is 2.17. The lowest BCUT2D eigenvalue weighted by Crippen LogP contribution is -1.98. The van der Waals surface area contributed by atoms with Crippen LogP contribution in [0.3, 0.4) is 0 Å². The van der Waals surface area contributed by atoms with E-state index in [1.54, 1.807) is 0 Å².